The third-order valence-electron chi connectivity index (χ3n) is 7.25. The van der Waals surface area contributed by atoms with Crippen molar-refractivity contribution in [3.05, 3.63) is 94.0 Å². The third kappa shape index (κ3) is 7.16. The molecule has 212 valence electrons. The van der Waals surface area contributed by atoms with Crippen LogP contribution in [0, 0.1) is 6.92 Å². The molecule has 10 heteroatoms. The van der Waals surface area contributed by atoms with E-state index in [0.717, 1.165) is 41.1 Å². The van der Waals surface area contributed by atoms with Crippen LogP contribution in [0.5, 0.6) is 0 Å². The van der Waals surface area contributed by atoms with Crippen LogP contribution in [0.25, 0.3) is 0 Å². The quantitative estimate of drug-likeness (QED) is 0.310. The van der Waals surface area contributed by atoms with E-state index in [1.54, 1.807) is 25.1 Å². The molecule has 3 aromatic carbocycles. The number of rotatable bonds is 10. The van der Waals surface area contributed by atoms with Crippen molar-refractivity contribution >= 4 is 50.7 Å². The molecular formula is C30H33Cl2N3O4S. The highest BCUT2D eigenvalue weighted by atomic mass is 35.5. The van der Waals surface area contributed by atoms with Crippen LogP contribution in [0.4, 0.5) is 5.69 Å². The Balaban J connectivity index is 1.69. The molecule has 0 aromatic heterocycles. The van der Waals surface area contributed by atoms with E-state index in [9.17, 15) is 18.0 Å². The van der Waals surface area contributed by atoms with Crippen LogP contribution in [-0.4, -0.2) is 43.8 Å². The summed E-state index contributed by atoms with van der Waals surface area (Å²) in [5.41, 5.74) is 2.06. The first-order valence-electron chi connectivity index (χ1n) is 13.2. The molecule has 3 aromatic rings. The number of hydrogen-bond acceptors (Lipinski definition) is 4. The normalized spacial score (nSPS) is 14.5. The number of nitrogens with one attached hydrogen (secondary N) is 1. The van der Waals surface area contributed by atoms with Gasteiger partial charge in [0.2, 0.25) is 11.8 Å². The fraction of sp³-hybridized carbons (Fsp3) is 0.333. The topological polar surface area (TPSA) is 86.8 Å². The first-order chi connectivity index (χ1) is 19.1. The molecule has 7 nitrogen and oxygen atoms in total. The minimum Gasteiger partial charge on any atom is -0.352 e. The predicted molar refractivity (Wildman–Crippen MR) is 159 cm³/mol. The fourth-order valence-electron chi connectivity index (χ4n) is 4.84. The summed E-state index contributed by atoms with van der Waals surface area (Å²) >= 11 is 12.2. The van der Waals surface area contributed by atoms with Crippen molar-refractivity contribution in [3.8, 4) is 0 Å². The summed E-state index contributed by atoms with van der Waals surface area (Å²) in [4.78, 5) is 28.8. The highest BCUT2D eigenvalue weighted by molar-refractivity contribution is 7.92. The van der Waals surface area contributed by atoms with E-state index in [1.165, 1.54) is 35.2 Å². The Bertz CT molecular complexity index is 1460. The summed E-state index contributed by atoms with van der Waals surface area (Å²) in [6.45, 7) is 3.23. The standard InChI is InChI=1S/C30H33Cl2N3O4S/c1-21-8-3-4-9-23(21)19-34(22(2)30(37)33-26-11-5-6-12-26)29(36)20-35(27-13-7-10-25(32)18-27)40(38,39)28-16-14-24(31)15-17-28/h3-4,7-10,13-18,22,26H,5-6,11-12,19-20H2,1-2H3,(H,33,37)/t22-/m0/s1. The number of halogens is 2. The first kappa shape index (κ1) is 29.9. The van der Waals surface area contributed by atoms with Crippen LogP contribution < -0.4 is 9.62 Å². The molecule has 1 aliphatic carbocycles. The molecule has 0 saturated heterocycles. The lowest BCUT2D eigenvalue weighted by Gasteiger charge is -2.33. The summed E-state index contributed by atoms with van der Waals surface area (Å²) < 4.78 is 28.7. The van der Waals surface area contributed by atoms with Crippen molar-refractivity contribution < 1.29 is 18.0 Å². The van der Waals surface area contributed by atoms with Crippen LogP contribution in [0.2, 0.25) is 10.0 Å². The van der Waals surface area contributed by atoms with Crippen LogP contribution in [0.15, 0.2) is 77.7 Å². The molecule has 0 spiro atoms. The van der Waals surface area contributed by atoms with Gasteiger partial charge in [-0.05, 0) is 80.3 Å². The molecular weight excluding hydrogens is 569 g/mol. The SMILES string of the molecule is Cc1ccccc1CN(C(=O)CN(c1cccc(Cl)c1)S(=O)(=O)c1ccc(Cl)cc1)[C@@H](C)C(=O)NC1CCCC1. The van der Waals surface area contributed by atoms with Crippen LogP contribution >= 0.6 is 23.2 Å². The highest BCUT2D eigenvalue weighted by Gasteiger charge is 2.33. The molecule has 0 radical (unpaired) electrons. The third-order valence-corrected chi connectivity index (χ3v) is 9.52. The molecule has 1 saturated carbocycles. The van der Waals surface area contributed by atoms with Gasteiger partial charge in [-0.2, -0.15) is 0 Å². The summed E-state index contributed by atoms with van der Waals surface area (Å²) in [6, 6.07) is 18.9. The van der Waals surface area contributed by atoms with Crippen molar-refractivity contribution in [1.82, 2.24) is 10.2 Å². The van der Waals surface area contributed by atoms with E-state index in [2.05, 4.69) is 5.32 Å². The smallest absolute Gasteiger partial charge is 0.264 e. The van der Waals surface area contributed by atoms with Gasteiger partial charge in [0.1, 0.15) is 12.6 Å². The largest absolute Gasteiger partial charge is 0.352 e. The minimum atomic E-state index is -4.19. The maximum Gasteiger partial charge on any atom is 0.264 e. The Kier molecular flexibility index (Phi) is 9.77. The molecule has 1 atom stereocenters. The maximum atomic E-state index is 14.0. The van der Waals surface area contributed by atoms with Gasteiger partial charge in [-0.3, -0.25) is 13.9 Å². The zero-order chi connectivity index (χ0) is 28.9. The molecule has 1 fully saturated rings. The molecule has 1 N–H and O–H groups in total. The van der Waals surface area contributed by atoms with Gasteiger partial charge in [-0.1, -0.05) is 66.4 Å². The number of hydrogen-bond donors (Lipinski definition) is 1. The molecule has 0 aliphatic heterocycles. The van der Waals surface area contributed by atoms with E-state index in [4.69, 9.17) is 23.2 Å². The lowest BCUT2D eigenvalue weighted by atomic mass is 10.1. The number of sulfonamides is 1. The first-order valence-corrected chi connectivity index (χ1v) is 15.4. The van der Waals surface area contributed by atoms with Gasteiger partial charge in [0.15, 0.2) is 0 Å². The number of anilines is 1. The number of nitrogens with zero attached hydrogens (tertiary/aromatic N) is 2. The van der Waals surface area contributed by atoms with Crippen molar-refractivity contribution in [1.29, 1.82) is 0 Å². The maximum absolute atomic E-state index is 14.0. The van der Waals surface area contributed by atoms with Gasteiger partial charge in [0, 0.05) is 22.6 Å². The second kappa shape index (κ2) is 13.1. The van der Waals surface area contributed by atoms with Crippen molar-refractivity contribution in [2.45, 2.75) is 63.1 Å². The van der Waals surface area contributed by atoms with E-state index >= 15 is 0 Å². The molecule has 2 amide bonds. The van der Waals surface area contributed by atoms with Crippen molar-refractivity contribution in [3.63, 3.8) is 0 Å². The predicted octanol–water partition coefficient (Wildman–Crippen LogP) is 5.97. The molecule has 0 heterocycles. The number of carbonyl (C=O) groups is 2. The van der Waals surface area contributed by atoms with Gasteiger partial charge in [0.25, 0.3) is 10.0 Å². The lowest BCUT2D eigenvalue weighted by Crippen LogP contribution is -2.52. The number of benzene rings is 3. The van der Waals surface area contributed by atoms with E-state index in [0.29, 0.717) is 10.0 Å². The molecule has 4 rings (SSSR count). The van der Waals surface area contributed by atoms with Gasteiger partial charge in [-0.15, -0.1) is 0 Å². The number of amides is 2. The minimum absolute atomic E-state index is 0.0258. The Morgan fingerprint density at radius 3 is 2.27 bits per heavy atom. The van der Waals surface area contributed by atoms with Crippen LogP contribution in [0.1, 0.15) is 43.7 Å². The molecule has 0 unspecified atom stereocenters. The van der Waals surface area contributed by atoms with Crippen molar-refractivity contribution in [2.24, 2.45) is 0 Å². The van der Waals surface area contributed by atoms with Gasteiger partial charge < -0.3 is 10.2 Å². The summed E-state index contributed by atoms with van der Waals surface area (Å²) in [5.74, 6) is -0.779. The number of carbonyl (C=O) groups excluding carboxylic acids is 2. The second-order valence-corrected chi connectivity index (χ2v) is 12.8. The van der Waals surface area contributed by atoms with E-state index in [1.807, 2.05) is 31.2 Å². The van der Waals surface area contributed by atoms with Gasteiger partial charge in [-0.25, -0.2) is 8.42 Å². The summed E-state index contributed by atoms with van der Waals surface area (Å²) in [7, 11) is -4.19. The molecule has 40 heavy (non-hydrogen) atoms. The average molecular weight is 603 g/mol. The van der Waals surface area contributed by atoms with E-state index < -0.39 is 28.5 Å². The highest BCUT2D eigenvalue weighted by Crippen LogP contribution is 2.28. The average Bonchev–Trinajstić information content (AvgIpc) is 3.44. The molecule has 1 aliphatic rings. The molecule has 0 bridgehead atoms. The Labute approximate surface area is 246 Å². The zero-order valence-electron chi connectivity index (χ0n) is 22.5. The zero-order valence-corrected chi connectivity index (χ0v) is 24.8. The van der Waals surface area contributed by atoms with Gasteiger partial charge in [0.05, 0.1) is 10.6 Å². The Morgan fingerprint density at radius 2 is 1.62 bits per heavy atom. The van der Waals surface area contributed by atoms with Crippen LogP contribution in [0.3, 0.4) is 0 Å². The lowest BCUT2D eigenvalue weighted by molar-refractivity contribution is -0.139. The van der Waals surface area contributed by atoms with Crippen LogP contribution in [-0.2, 0) is 26.2 Å². The Hall–Kier alpha value is -3.07. The monoisotopic (exact) mass is 601 g/mol. The second-order valence-electron chi connectivity index (χ2n) is 10.1. The van der Waals surface area contributed by atoms with Gasteiger partial charge >= 0.3 is 0 Å². The number of aryl methyl sites for hydroxylation is 1. The summed E-state index contributed by atoms with van der Waals surface area (Å²) in [6.07, 6.45) is 3.93. The summed E-state index contributed by atoms with van der Waals surface area (Å²) in [5, 5.41) is 3.78. The fourth-order valence-corrected chi connectivity index (χ4v) is 6.56. The van der Waals surface area contributed by atoms with E-state index in [-0.39, 0.29) is 29.1 Å². The Morgan fingerprint density at radius 1 is 0.950 bits per heavy atom. The van der Waals surface area contributed by atoms with Crippen molar-refractivity contribution in [2.75, 3.05) is 10.8 Å².